The number of nitrogens with zero attached hydrogens (tertiary/aromatic N) is 1. The van der Waals surface area contributed by atoms with Crippen molar-refractivity contribution in [2.24, 2.45) is 0 Å². The Morgan fingerprint density at radius 1 is 1.57 bits per heavy atom. The SMILES string of the molecule is CCN1C(=O)C(C)NC12CCSCC2. The zero-order valence-electron chi connectivity index (χ0n) is 8.88. The summed E-state index contributed by atoms with van der Waals surface area (Å²) in [7, 11) is 0. The van der Waals surface area contributed by atoms with Crippen LogP contribution in [0.1, 0.15) is 26.7 Å². The van der Waals surface area contributed by atoms with Crippen LogP contribution in [0, 0.1) is 0 Å². The molecule has 2 saturated heterocycles. The molecule has 1 spiro atoms. The third-order valence-electron chi connectivity index (χ3n) is 3.27. The first-order chi connectivity index (χ1) is 6.69. The van der Waals surface area contributed by atoms with Gasteiger partial charge in [-0.1, -0.05) is 0 Å². The van der Waals surface area contributed by atoms with Gasteiger partial charge in [0.2, 0.25) is 5.91 Å². The van der Waals surface area contributed by atoms with Crippen LogP contribution in [0.4, 0.5) is 0 Å². The van der Waals surface area contributed by atoms with Crippen LogP contribution in [0.2, 0.25) is 0 Å². The van der Waals surface area contributed by atoms with E-state index in [9.17, 15) is 4.79 Å². The molecule has 1 atom stereocenters. The number of hydrogen-bond acceptors (Lipinski definition) is 3. The van der Waals surface area contributed by atoms with E-state index in [1.165, 1.54) is 11.5 Å². The fourth-order valence-corrected chi connectivity index (χ4v) is 3.74. The Morgan fingerprint density at radius 2 is 2.21 bits per heavy atom. The summed E-state index contributed by atoms with van der Waals surface area (Å²) in [4.78, 5) is 13.9. The Hall–Kier alpha value is -0.220. The zero-order chi connectivity index (χ0) is 10.2. The van der Waals surface area contributed by atoms with Crippen LogP contribution >= 0.6 is 11.8 Å². The predicted octanol–water partition coefficient (Wildman–Crippen LogP) is 1.05. The van der Waals surface area contributed by atoms with E-state index in [2.05, 4.69) is 12.2 Å². The van der Waals surface area contributed by atoms with Crippen LogP contribution in [0.15, 0.2) is 0 Å². The highest BCUT2D eigenvalue weighted by Gasteiger charge is 2.48. The highest BCUT2D eigenvalue weighted by molar-refractivity contribution is 7.99. The number of carbonyl (C=O) groups excluding carboxylic acids is 1. The lowest BCUT2D eigenvalue weighted by atomic mass is 10.0. The minimum absolute atomic E-state index is 0.00347. The summed E-state index contributed by atoms with van der Waals surface area (Å²) in [6.45, 7) is 4.88. The third-order valence-corrected chi connectivity index (χ3v) is 4.26. The van der Waals surface area contributed by atoms with Crippen LogP contribution in [0.25, 0.3) is 0 Å². The normalized spacial score (nSPS) is 31.4. The van der Waals surface area contributed by atoms with E-state index in [1.54, 1.807) is 0 Å². The van der Waals surface area contributed by atoms with Crippen molar-refractivity contribution < 1.29 is 4.79 Å². The molecule has 3 nitrogen and oxygen atoms in total. The van der Waals surface area contributed by atoms with Crippen molar-refractivity contribution in [3.8, 4) is 0 Å². The molecule has 14 heavy (non-hydrogen) atoms. The molecule has 0 aliphatic carbocycles. The van der Waals surface area contributed by atoms with E-state index in [4.69, 9.17) is 0 Å². The molecular formula is C10H18N2OS. The molecule has 2 aliphatic heterocycles. The van der Waals surface area contributed by atoms with Crippen LogP contribution in [0.3, 0.4) is 0 Å². The summed E-state index contributed by atoms with van der Waals surface area (Å²) in [5.41, 5.74) is -0.00347. The topological polar surface area (TPSA) is 32.3 Å². The van der Waals surface area contributed by atoms with Crippen molar-refractivity contribution in [1.29, 1.82) is 0 Å². The fourth-order valence-electron chi connectivity index (χ4n) is 2.57. The standard InChI is InChI=1S/C10H18N2OS/c1-3-12-9(13)8(2)11-10(12)4-6-14-7-5-10/h8,11H,3-7H2,1-2H3. The number of carbonyl (C=O) groups is 1. The van der Waals surface area contributed by atoms with Gasteiger partial charge in [0.15, 0.2) is 0 Å². The number of rotatable bonds is 1. The summed E-state index contributed by atoms with van der Waals surface area (Å²) in [6.07, 6.45) is 2.20. The number of thioether (sulfide) groups is 1. The molecule has 0 aromatic carbocycles. The first-order valence-corrected chi connectivity index (χ1v) is 6.52. The van der Waals surface area contributed by atoms with Crippen LogP contribution < -0.4 is 5.32 Å². The maximum atomic E-state index is 11.9. The molecule has 0 bridgehead atoms. The number of likely N-dealkylation sites (N-methyl/N-ethyl adjacent to an activating group) is 1. The van der Waals surface area contributed by atoms with Gasteiger partial charge in [-0.05, 0) is 38.2 Å². The summed E-state index contributed by atoms with van der Waals surface area (Å²) >= 11 is 1.99. The van der Waals surface area contributed by atoms with E-state index >= 15 is 0 Å². The summed E-state index contributed by atoms with van der Waals surface area (Å²) < 4.78 is 0. The molecule has 2 aliphatic rings. The maximum absolute atomic E-state index is 11.9. The molecule has 0 aromatic heterocycles. The summed E-state index contributed by atoms with van der Waals surface area (Å²) in [5.74, 6) is 2.62. The first-order valence-electron chi connectivity index (χ1n) is 5.36. The highest BCUT2D eigenvalue weighted by Crippen LogP contribution is 2.34. The lowest BCUT2D eigenvalue weighted by Gasteiger charge is -2.40. The molecule has 80 valence electrons. The van der Waals surface area contributed by atoms with Crippen LogP contribution in [0.5, 0.6) is 0 Å². The van der Waals surface area contributed by atoms with Gasteiger partial charge in [-0.15, -0.1) is 0 Å². The zero-order valence-corrected chi connectivity index (χ0v) is 9.69. The van der Waals surface area contributed by atoms with Gasteiger partial charge in [-0.2, -0.15) is 11.8 Å². The molecule has 0 saturated carbocycles. The maximum Gasteiger partial charge on any atom is 0.240 e. The fraction of sp³-hybridized carbons (Fsp3) is 0.900. The Bertz CT molecular complexity index is 238. The molecule has 0 radical (unpaired) electrons. The Balaban J connectivity index is 2.20. The van der Waals surface area contributed by atoms with E-state index < -0.39 is 0 Å². The van der Waals surface area contributed by atoms with Gasteiger partial charge >= 0.3 is 0 Å². The molecule has 2 heterocycles. The Morgan fingerprint density at radius 3 is 2.79 bits per heavy atom. The molecule has 1 amide bonds. The van der Waals surface area contributed by atoms with E-state index in [0.29, 0.717) is 0 Å². The van der Waals surface area contributed by atoms with Gasteiger partial charge in [-0.3, -0.25) is 10.1 Å². The summed E-state index contributed by atoms with van der Waals surface area (Å²) in [5, 5.41) is 3.48. The summed E-state index contributed by atoms with van der Waals surface area (Å²) in [6, 6.07) is 0.0121. The smallest absolute Gasteiger partial charge is 0.240 e. The minimum atomic E-state index is -0.00347. The third kappa shape index (κ3) is 1.44. The molecule has 2 rings (SSSR count). The largest absolute Gasteiger partial charge is 0.323 e. The predicted molar refractivity (Wildman–Crippen MR) is 59.3 cm³/mol. The average Bonchev–Trinajstić information content (AvgIpc) is 2.40. The molecule has 2 fully saturated rings. The molecule has 0 aromatic rings. The van der Waals surface area contributed by atoms with E-state index in [1.807, 2.05) is 23.6 Å². The van der Waals surface area contributed by atoms with E-state index in [0.717, 1.165) is 19.4 Å². The van der Waals surface area contributed by atoms with Gasteiger partial charge in [0.1, 0.15) is 0 Å². The van der Waals surface area contributed by atoms with Crippen molar-refractivity contribution in [3.63, 3.8) is 0 Å². The Kier molecular flexibility index (Phi) is 2.75. The van der Waals surface area contributed by atoms with Gasteiger partial charge in [-0.25, -0.2) is 0 Å². The number of amides is 1. The van der Waals surface area contributed by atoms with Crippen LogP contribution in [-0.4, -0.2) is 40.6 Å². The molecular weight excluding hydrogens is 196 g/mol. The second kappa shape index (κ2) is 3.74. The lowest BCUT2D eigenvalue weighted by Crippen LogP contribution is -2.54. The van der Waals surface area contributed by atoms with Gasteiger partial charge < -0.3 is 4.90 Å². The Labute approximate surface area is 89.6 Å². The molecule has 4 heteroatoms. The second-order valence-corrected chi connectivity index (χ2v) is 5.32. The second-order valence-electron chi connectivity index (χ2n) is 4.09. The van der Waals surface area contributed by atoms with Crippen molar-refractivity contribution in [1.82, 2.24) is 10.2 Å². The van der Waals surface area contributed by atoms with Gasteiger partial charge in [0.25, 0.3) is 0 Å². The van der Waals surface area contributed by atoms with Crippen molar-refractivity contribution in [2.75, 3.05) is 18.1 Å². The van der Waals surface area contributed by atoms with E-state index in [-0.39, 0.29) is 17.6 Å². The molecule has 1 N–H and O–H groups in total. The highest BCUT2D eigenvalue weighted by atomic mass is 32.2. The monoisotopic (exact) mass is 214 g/mol. The average molecular weight is 214 g/mol. The lowest BCUT2D eigenvalue weighted by molar-refractivity contribution is -0.131. The quantitative estimate of drug-likeness (QED) is 0.708. The van der Waals surface area contributed by atoms with Gasteiger partial charge in [0, 0.05) is 6.54 Å². The number of hydrogen-bond donors (Lipinski definition) is 1. The number of nitrogens with one attached hydrogen (secondary N) is 1. The minimum Gasteiger partial charge on any atom is -0.323 e. The first kappa shape index (κ1) is 10.3. The van der Waals surface area contributed by atoms with Crippen molar-refractivity contribution in [2.45, 2.75) is 38.4 Å². The molecule has 1 unspecified atom stereocenters. The van der Waals surface area contributed by atoms with Gasteiger partial charge in [0.05, 0.1) is 11.7 Å². The van der Waals surface area contributed by atoms with Crippen LogP contribution in [-0.2, 0) is 4.79 Å². The van der Waals surface area contributed by atoms with Crippen molar-refractivity contribution in [3.05, 3.63) is 0 Å². The van der Waals surface area contributed by atoms with Crippen molar-refractivity contribution >= 4 is 17.7 Å².